The Morgan fingerprint density at radius 3 is 0.721 bits per heavy atom. The lowest BCUT2D eigenvalue weighted by molar-refractivity contribution is 0.648. The number of benzene rings is 12. The van der Waals surface area contributed by atoms with Gasteiger partial charge in [-0.1, -0.05) is 389 Å². The Bertz CT molecular complexity index is 8580. The summed E-state index contributed by atoms with van der Waals surface area (Å²) >= 11 is 20.9. The molecule has 24 aromatic rings. The highest BCUT2D eigenvalue weighted by molar-refractivity contribution is 9.11. The van der Waals surface area contributed by atoms with Gasteiger partial charge in [0, 0.05) is 130 Å². The van der Waals surface area contributed by atoms with Crippen LogP contribution in [-0.4, -0.2) is 87.6 Å². The molecule has 12 aromatic heterocycles. The van der Waals surface area contributed by atoms with Crippen molar-refractivity contribution in [1.82, 2.24) is 87.6 Å². The van der Waals surface area contributed by atoms with Gasteiger partial charge in [-0.3, -0.25) is 26.4 Å². The first-order valence-corrected chi connectivity index (χ1v) is 52.2. The number of fused-ring (bicyclic) bond motifs is 18. The maximum absolute atomic E-state index is 4.47. The van der Waals surface area contributed by atoms with E-state index in [2.05, 4.69) is 501 Å². The number of hydrogen-bond acceptors (Lipinski definition) is 12. The van der Waals surface area contributed by atoms with Crippen LogP contribution in [0.15, 0.2) is 355 Å². The van der Waals surface area contributed by atoms with Crippen LogP contribution < -0.4 is 0 Å². The molecule has 18 nitrogen and oxygen atoms in total. The zero-order valence-electron chi connectivity index (χ0n) is 78.9. The first-order valence-electron chi connectivity index (χ1n) is 47.4. The summed E-state index contributed by atoms with van der Waals surface area (Å²) in [6.45, 7) is 20.1. The van der Waals surface area contributed by atoms with Crippen LogP contribution in [-0.2, 0) is 25.7 Å². The Hall–Kier alpha value is -13.2. The van der Waals surface area contributed by atoms with Gasteiger partial charge < -0.3 is 0 Å². The molecule has 12 aromatic carbocycles. The average Bonchev–Trinajstić information content (AvgIpc) is 0.925. The quantitative estimate of drug-likeness (QED) is 0.0843. The molecule has 0 aliphatic rings. The topological polar surface area (TPSA) is 181 Å². The number of aryl methyl sites for hydroxylation is 3. The third-order valence-corrected chi connectivity index (χ3v) is 28.7. The molecule has 140 heavy (non-hydrogen) atoms. The van der Waals surface area contributed by atoms with Gasteiger partial charge in [0.1, 0.15) is 0 Å². The van der Waals surface area contributed by atoms with Crippen LogP contribution >= 0.6 is 95.6 Å². The van der Waals surface area contributed by atoms with Gasteiger partial charge in [0.15, 0.2) is 68.8 Å². The normalized spacial score (nSPS) is 11.7. The van der Waals surface area contributed by atoms with Crippen molar-refractivity contribution in [2.45, 2.75) is 126 Å². The fraction of sp³-hybridized carbons (Fsp3) is 0.172. The molecule has 0 aliphatic heterocycles. The Morgan fingerprint density at radius 2 is 0.457 bits per heavy atom. The summed E-state index contributed by atoms with van der Waals surface area (Å²) in [5.74, 6) is 6.81. The molecule has 0 spiro atoms. The number of unbranched alkanes of at least 4 members (excludes halogenated alkanes) is 1. The van der Waals surface area contributed by atoms with Gasteiger partial charge in [0.25, 0.3) is 0 Å². The van der Waals surface area contributed by atoms with Crippen molar-refractivity contribution in [2.24, 2.45) is 5.92 Å². The molecule has 0 saturated carbocycles. The van der Waals surface area contributed by atoms with Crippen molar-refractivity contribution in [3.05, 3.63) is 389 Å². The Morgan fingerprint density at radius 1 is 0.229 bits per heavy atom. The first kappa shape index (κ1) is 95.7. The summed E-state index contributed by atoms with van der Waals surface area (Å²) < 4.78 is 19.1. The predicted octanol–water partition coefficient (Wildman–Crippen LogP) is 32.6. The van der Waals surface area contributed by atoms with E-state index in [9.17, 15) is 0 Å². The maximum atomic E-state index is 4.47. The Kier molecular flexibility index (Phi) is 29.3. The van der Waals surface area contributed by atoms with Gasteiger partial charge in [-0.2, -0.15) is 0 Å². The Balaban J connectivity index is 0.000000107. The molecule has 0 fully saturated rings. The fourth-order valence-corrected chi connectivity index (χ4v) is 19.9. The molecule has 0 radical (unpaired) electrons. The lowest BCUT2D eigenvalue weighted by Gasteiger charge is -2.14. The van der Waals surface area contributed by atoms with Crippen LogP contribution in [0, 0.1) is 5.92 Å². The highest BCUT2D eigenvalue weighted by atomic mass is 79.9. The maximum Gasteiger partial charge on any atom is 0.168 e. The molecule has 0 bridgehead atoms. The van der Waals surface area contributed by atoms with Crippen LogP contribution in [0.3, 0.4) is 0 Å². The van der Waals surface area contributed by atoms with E-state index in [0.717, 1.165) is 195 Å². The molecule has 0 aliphatic carbocycles. The molecule has 24 rings (SSSR count). The van der Waals surface area contributed by atoms with Crippen LogP contribution in [0.4, 0.5) is 0 Å². The van der Waals surface area contributed by atoms with E-state index in [1.165, 1.54) is 83.9 Å². The molecule has 696 valence electrons. The minimum Gasteiger partial charge on any atom is -0.282 e. The largest absolute Gasteiger partial charge is 0.282 e. The number of pyridine rings is 6. The van der Waals surface area contributed by atoms with Gasteiger partial charge in [-0.05, 0) is 195 Å². The number of rotatable bonds is 17. The van der Waals surface area contributed by atoms with Crippen molar-refractivity contribution in [3.8, 4) is 68.3 Å². The molecular weight excluding hydrogens is 2120 g/mol. The average molecular weight is 2230 g/mol. The summed E-state index contributed by atoms with van der Waals surface area (Å²) in [7, 11) is 0. The summed E-state index contributed by atoms with van der Waals surface area (Å²) in [6, 6.07) is 99.9. The zero-order chi connectivity index (χ0) is 96.8. The first-order chi connectivity index (χ1) is 68.3. The summed E-state index contributed by atoms with van der Waals surface area (Å²) in [5, 5.41) is 68.0. The van der Waals surface area contributed by atoms with Crippen molar-refractivity contribution >= 4 is 194 Å². The SMILES string of the molecule is CC(C)Cc1cn2c(-c3ccc(Br)cc3)nnc2c2ccccc12.CC(C)c1cn2c(-c3ccc(Br)cc3)nnc2c2ccccc12.CCC(C)c1cn2c(-c3ccc(Br)cc3)nnc2c2ccccc12.CCCCc1cn2c(-c3ccc(Br)cc3)nnc2c2ccccc12.CCCc1cn2c(-c3ccc(Br)cc3)nnc2c2ccccc12.CCc1cn2c(-c3ccc(Br)cc3)nnc2c2ccccc12. The molecule has 0 saturated heterocycles. The summed E-state index contributed by atoms with van der Waals surface area (Å²) in [5.41, 5.74) is 19.9. The van der Waals surface area contributed by atoms with Gasteiger partial charge in [0.05, 0.1) is 0 Å². The molecule has 12 heterocycles. The van der Waals surface area contributed by atoms with Gasteiger partial charge >= 0.3 is 0 Å². The highest BCUT2D eigenvalue weighted by Crippen LogP contribution is 2.39. The number of halogens is 6. The van der Waals surface area contributed by atoms with Crippen LogP contribution in [0.25, 0.3) is 167 Å². The molecule has 1 unspecified atom stereocenters. The van der Waals surface area contributed by atoms with Gasteiger partial charge in [-0.15, -0.1) is 61.2 Å². The lowest BCUT2D eigenvalue weighted by atomic mass is 9.95. The fourth-order valence-electron chi connectivity index (χ4n) is 18.4. The van der Waals surface area contributed by atoms with Crippen molar-refractivity contribution in [2.75, 3.05) is 0 Å². The minimum absolute atomic E-state index is 0.435. The van der Waals surface area contributed by atoms with Crippen LogP contribution in [0.5, 0.6) is 0 Å². The smallest absolute Gasteiger partial charge is 0.168 e. The third kappa shape index (κ3) is 19.9. The molecule has 0 N–H and O–H groups in total. The standard InChI is InChI=1S/3C20H18BrN3.2C19H16BrN3.C18H14BrN3/c1-13(2)11-15-12-24-19(14-7-9-16(21)10-8-14)22-23-20(24)18-6-4-3-5-17(15)18;1-3-13(2)18-12-24-19(14-8-10-15(21)11-9-14)22-23-20(24)17-7-5-4-6-16(17)18;1-2-3-6-15-13-24-19(14-9-11-16(21)12-10-14)22-23-20(24)18-8-5-4-7-17(15)18;1-12(2)17-11-23-18(13-7-9-14(20)10-8-13)21-22-19(23)16-6-4-3-5-15(16)17;1-2-5-14-12-23-18(13-8-10-15(20)11-9-13)21-22-19(23)17-7-4-3-6-16(14)17;1-2-12-11-22-17(13-7-9-14(19)10-8-13)20-21-18(22)16-6-4-3-5-15(12)16/h3-10,12-13H,11H2,1-2H3;4-13H,3H2,1-2H3;4-5,7-13H,2-3,6H2,1H3;3-12H,1-2H3;3-4,6-12H,2,5H2,1H3;3-11H,2H2,1H3. The van der Waals surface area contributed by atoms with Crippen molar-refractivity contribution < 1.29 is 0 Å². The number of aromatic nitrogens is 18. The minimum atomic E-state index is 0.435. The number of hydrogen-bond donors (Lipinski definition) is 0. The van der Waals surface area contributed by atoms with Crippen molar-refractivity contribution in [3.63, 3.8) is 0 Å². The van der Waals surface area contributed by atoms with Gasteiger partial charge in [0.2, 0.25) is 0 Å². The molecule has 1 atom stereocenters. The second kappa shape index (κ2) is 42.9. The summed E-state index contributed by atoms with van der Waals surface area (Å²) in [4.78, 5) is 0. The predicted molar refractivity (Wildman–Crippen MR) is 595 cm³/mol. The van der Waals surface area contributed by atoms with E-state index in [4.69, 9.17) is 0 Å². The second-order valence-corrected chi connectivity index (χ2v) is 41.2. The Labute approximate surface area is 862 Å². The zero-order valence-corrected chi connectivity index (χ0v) is 88.4. The number of nitrogens with zero attached hydrogens (tertiary/aromatic N) is 18. The van der Waals surface area contributed by atoms with E-state index in [1.807, 2.05) is 72.8 Å². The van der Waals surface area contributed by atoms with E-state index >= 15 is 0 Å². The van der Waals surface area contributed by atoms with E-state index in [-0.39, 0.29) is 0 Å². The third-order valence-electron chi connectivity index (χ3n) is 25.6. The highest BCUT2D eigenvalue weighted by Gasteiger charge is 2.23. The molecule has 24 heteroatoms. The second-order valence-electron chi connectivity index (χ2n) is 35.7. The summed E-state index contributed by atoms with van der Waals surface area (Å²) in [6.07, 6.45) is 21.9. The molecular formula is C116H100Br6N18. The van der Waals surface area contributed by atoms with Crippen molar-refractivity contribution in [1.29, 1.82) is 0 Å². The van der Waals surface area contributed by atoms with Crippen LogP contribution in [0.1, 0.15) is 133 Å². The van der Waals surface area contributed by atoms with E-state index < -0.39 is 0 Å². The molecule has 0 amide bonds. The van der Waals surface area contributed by atoms with E-state index in [0.29, 0.717) is 17.8 Å². The van der Waals surface area contributed by atoms with E-state index in [1.54, 1.807) is 0 Å². The monoisotopic (exact) mass is 2220 g/mol. The van der Waals surface area contributed by atoms with Crippen LogP contribution in [0.2, 0.25) is 0 Å². The lowest BCUT2D eigenvalue weighted by Crippen LogP contribution is -2.00. The van der Waals surface area contributed by atoms with Gasteiger partial charge in [-0.25, -0.2) is 0 Å².